The summed E-state index contributed by atoms with van der Waals surface area (Å²) in [4.78, 5) is 14.9. The number of hydrogen-bond acceptors (Lipinski definition) is 5. The van der Waals surface area contributed by atoms with E-state index >= 15 is 0 Å². The predicted molar refractivity (Wildman–Crippen MR) is 76.5 cm³/mol. The van der Waals surface area contributed by atoms with Gasteiger partial charge in [0.2, 0.25) is 0 Å². The molecule has 0 aromatic carbocycles. The summed E-state index contributed by atoms with van der Waals surface area (Å²) >= 11 is 1.45. The molecule has 1 aliphatic carbocycles. The van der Waals surface area contributed by atoms with Crippen molar-refractivity contribution in [3.63, 3.8) is 0 Å². The molecule has 6 heteroatoms. The molecule has 0 bridgehead atoms. The molecule has 0 radical (unpaired) electrons. The second-order valence-corrected chi connectivity index (χ2v) is 6.43. The highest BCUT2D eigenvalue weighted by atomic mass is 32.1. The van der Waals surface area contributed by atoms with Gasteiger partial charge in [-0.05, 0) is 31.2 Å². The Balaban J connectivity index is 1.67. The first-order chi connectivity index (χ1) is 9.69. The zero-order valence-corrected chi connectivity index (χ0v) is 12.0. The van der Waals surface area contributed by atoms with E-state index in [0.29, 0.717) is 17.0 Å². The molecular formula is C14H17N3O2S. The zero-order valence-electron chi connectivity index (χ0n) is 11.2. The average Bonchev–Trinajstić information content (AvgIpc) is 3.04. The molecule has 20 heavy (non-hydrogen) atoms. The van der Waals surface area contributed by atoms with Crippen LogP contribution in [0.3, 0.4) is 0 Å². The first-order valence-corrected chi connectivity index (χ1v) is 7.76. The average molecular weight is 291 g/mol. The number of nitrogens with zero attached hydrogens (tertiary/aromatic N) is 2. The SMILES string of the molecule is N#Cc1c(N)sc2c1CCC(OC(=O)N1CCCC1)C2. The van der Waals surface area contributed by atoms with E-state index in [1.54, 1.807) is 4.90 Å². The third-order valence-electron chi connectivity index (χ3n) is 3.99. The van der Waals surface area contributed by atoms with Gasteiger partial charge >= 0.3 is 6.09 Å². The summed E-state index contributed by atoms with van der Waals surface area (Å²) in [5.41, 5.74) is 7.54. The molecule has 1 unspecified atom stereocenters. The molecule has 1 aliphatic heterocycles. The van der Waals surface area contributed by atoms with Crippen molar-refractivity contribution < 1.29 is 9.53 Å². The van der Waals surface area contributed by atoms with E-state index in [2.05, 4.69) is 6.07 Å². The van der Waals surface area contributed by atoms with E-state index in [1.807, 2.05) is 0 Å². The van der Waals surface area contributed by atoms with Crippen LogP contribution in [-0.2, 0) is 17.6 Å². The minimum atomic E-state index is -0.194. The van der Waals surface area contributed by atoms with Gasteiger partial charge in [-0.3, -0.25) is 0 Å². The lowest BCUT2D eigenvalue weighted by Crippen LogP contribution is -2.34. The van der Waals surface area contributed by atoms with Gasteiger partial charge < -0.3 is 15.4 Å². The standard InChI is InChI=1S/C14H17N3O2S/c15-8-11-10-4-3-9(7-12(10)20-13(11)16)19-14(18)17-5-1-2-6-17/h9H,1-7,16H2. The number of carbonyl (C=O) groups is 1. The van der Waals surface area contributed by atoms with Crippen LogP contribution in [0, 0.1) is 11.3 Å². The second kappa shape index (κ2) is 5.33. The molecule has 5 nitrogen and oxygen atoms in total. The highest BCUT2D eigenvalue weighted by Crippen LogP contribution is 2.36. The van der Waals surface area contributed by atoms with Gasteiger partial charge in [0.1, 0.15) is 17.2 Å². The van der Waals surface area contributed by atoms with Gasteiger partial charge in [0.05, 0.1) is 5.56 Å². The molecule has 2 N–H and O–H groups in total. The van der Waals surface area contributed by atoms with Gasteiger partial charge in [-0.25, -0.2) is 4.79 Å². The van der Waals surface area contributed by atoms with Crippen molar-refractivity contribution in [1.82, 2.24) is 4.90 Å². The number of carbonyl (C=O) groups excluding carboxylic acids is 1. The van der Waals surface area contributed by atoms with Crippen LogP contribution in [0.4, 0.5) is 9.80 Å². The maximum atomic E-state index is 12.0. The molecule has 1 aromatic rings. The summed E-state index contributed by atoms with van der Waals surface area (Å²) in [5.74, 6) is 0. The minimum Gasteiger partial charge on any atom is -0.446 e. The zero-order chi connectivity index (χ0) is 14.1. The van der Waals surface area contributed by atoms with Gasteiger partial charge in [-0.2, -0.15) is 5.26 Å². The molecule has 0 saturated carbocycles. The lowest BCUT2D eigenvalue weighted by Gasteiger charge is -2.25. The molecule has 1 atom stereocenters. The fourth-order valence-electron chi connectivity index (χ4n) is 2.92. The Hall–Kier alpha value is -1.74. The van der Waals surface area contributed by atoms with Crippen LogP contribution in [0.25, 0.3) is 0 Å². The Morgan fingerprint density at radius 3 is 2.90 bits per heavy atom. The largest absolute Gasteiger partial charge is 0.446 e. The van der Waals surface area contributed by atoms with Crippen LogP contribution in [0.15, 0.2) is 0 Å². The van der Waals surface area contributed by atoms with Crippen molar-refractivity contribution >= 4 is 22.4 Å². The summed E-state index contributed by atoms with van der Waals surface area (Å²) in [7, 11) is 0. The van der Waals surface area contributed by atoms with Crippen molar-refractivity contribution in [1.29, 1.82) is 5.26 Å². The predicted octanol–water partition coefficient (Wildman–Crippen LogP) is 2.29. The third kappa shape index (κ3) is 2.34. The van der Waals surface area contributed by atoms with Crippen molar-refractivity contribution in [2.24, 2.45) is 0 Å². The summed E-state index contributed by atoms with van der Waals surface area (Å²) in [6.45, 7) is 1.61. The highest BCUT2D eigenvalue weighted by Gasteiger charge is 2.29. The molecular weight excluding hydrogens is 274 g/mol. The fourth-order valence-corrected chi connectivity index (χ4v) is 4.05. The Labute approximate surface area is 121 Å². The van der Waals surface area contributed by atoms with Crippen LogP contribution >= 0.6 is 11.3 Å². The van der Waals surface area contributed by atoms with Gasteiger partial charge in [-0.15, -0.1) is 11.3 Å². The smallest absolute Gasteiger partial charge is 0.410 e. The molecule has 2 heterocycles. The van der Waals surface area contributed by atoms with Crippen molar-refractivity contribution in [3.05, 3.63) is 16.0 Å². The maximum absolute atomic E-state index is 12.0. The summed E-state index contributed by atoms with van der Waals surface area (Å²) in [6, 6.07) is 2.17. The second-order valence-electron chi connectivity index (χ2n) is 5.30. The minimum absolute atomic E-state index is 0.0832. The van der Waals surface area contributed by atoms with Gasteiger partial charge in [0.25, 0.3) is 0 Å². The number of rotatable bonds is 1. The normalized spacial score (nSPS) is 21.4. The van der Waals surface area contributed by atoms with Crippen LogP contribution in [0.2, 0.25) is 0 Å². The van der Waals surface area contributed by atoms with Gasteiger partial charge in [0.15, 0.2) is 0 Å². The van der Waals surface area contributed by atoms with Gasteiger partial charge in [-0.1, -0.05) is 0 Å². The summed E-state index contributed by atoms with van der Waals surface area (Å²) in [5, 5.41) is 9.69. The Bertz CT molecular complexity index is 570. The van der Waals surface area contributed by atoms with E-state index in [9.17, 15) is 4.79 Å². The topological polar surface area (TPSA) is 79.4 Å². The molecule has 1 fully saturated rings. The fraction of sp³-hybridized carbons (Fsp3) is 0.571. The summed E-state index contributed by atoms with van der Waals surface area (Å²) in [6.07, 6.45) is 4.08. The number of nitrogen functional groups attached to an aromatic ring is 1. The van der Waals surface area contributed by atoms with Crippen LogP contribution in [0.5, 0.6) is 0 Å². The quantitative estimate of drug-likeness (QED) is 0.861. The van der Waals surface area contributed by atoms with Crippen LogP contribution in [0.1, 0.15) is 35.3 Å². The number of hydrogen-bond donors (Lipinski definition) is 1. The number of thiophene rings is 1. The molecule has 106 valence electrons. The Morgan fingerprint density at radius 2 is 2.20 bits per heavy atom. The number of anilines is 1. The molecule has 1 aromatic heterocycles. The number of amides is 1. The first kappa shape index (κ1) is 13.3. The van der Waals surface area contributed by atoms with E-state index in [4.69, 9.17) is 15.7 Å². The lowest BCUT2D eigenvalue weighted by atomic mass is 9.94. The number of nitriles is 1. The van der Waals surface area contributed by atoms with E-state index in [0.717, 1.165) is 49.2 Å². The summed E-state index contributed by atoms with van der Waals surface area (Å²) < 4.78 is 5.58. The van der Waals surface area contributed by atoms with Crippen molar-refractivity contribution in [2.75, 3.05) is 18.8 Å². The molecule has 0 spiro atoms. The number of fused-ring (bicyclic) bond motifs is 1. The monoisotopic (exact) mass is 291 g/mol. The lowest BCUT2D eigenvalue weighted by molar-refractivity contribution is 0.0627. The molecule has 1 saturated heterocycles. The van der Waals surface area contributed by atoms with E-state index in [-0.39, 0.29) is 12.2 Å². The highest BCUT2D eigenvalue weighted by molar-refractivity contribution is 7.16. The van der Waals surface area contributed by atoms with Crippen LogP contribution < -0.4 is 5.73 Å². The van der Waals surface area contributed by atoms with Crippen molar-refractivity contribution in [2.45, 2.75) is 38.2 Å². The third-order valence-corrected chi connectivity index (χ3v) is 5.07. The number of ether oxygens (including phenoxy) is 1. The van der Waals surface area contributed by atoms with Gasteiger partial charge in [0, 0.05) is 24.4 Å². The van der Waals surface area contributed by atoms with Crippen LogP contribution in [-0.4, -0.2) is 30.2 Å². The van der Waals surface area contributed by atoms with E-state index < -0.39 is 0 Å². The van der Waals surface area contributed by atoms with Crippen molar-refractivity contribution in [3.8, 4) is 6.07 Å². The maximum Gasteiger partial charge on any atom is 0.410 e. The molecule has 3 rings (SSSR count). The van der Waals surface area contributed by atoms with E-state index in [1.165, 1.54) is 11.3 Å². The molecule has 2 aliphatic rings. The Morgan fingerprint density at radius 1 is 1.45 bits per heavy atom. The number of likely N-dealkylation sites (tertiary alicyclic amines) is 1. The first-order valence-electron chi connectivity index (χ1n) is 6.94. The Kier molecular flexibility index (Phi) is 3.53. The molecule has 1 amide bonds. The number of nitrogens with two attached hydrogens (primary N) is 1.